The summed E-state index contributed by atoms with van der Waals surface area (Å²) >= 11 is 0. The monoisotopic (exact) mass is 398 g/mol. The van der Waals surface area contributed by atoms with E-state index in [4.69, 9.17) is 4.74 Å². The van der Waals surface area contributed by atoms with E-state index in [1.165, 1.54) is 6.08 Å². The van der Waals surface area contributed by atoms with E-state index >= 15 is 0 Å². The Morgan fingerprint density at radius 1 is 1.46 bits per heavy atom. The molecule has 0 aromatic carbocycles. The number of carbonyl (C=O) groups is 3. The molecule has 2 amide bonds. The van der Waals surface area contributed by atoms with Crippen LogP contribution in [-0.4, -0.2) is 90.7 Å². The highest BCUT2D eigenvalue weighted by Crippen LogP contribution is 2.06. The van der Waals surface area contributed by atoms with Gasteiger partial charge in [0.1, 0.15) is 13.2 Å². The summed E-state index contributed by atoms with van der Waals surface area (Å²) in [6.07, 6.45) is 0.912. The second-order valence-electron chi connectivity index (χ2n) is 6.67. The number of rotatable bonds is 11. The van der Waals surface area contributed by atoms with E-state index in [-0.39, 0.29) is 19.1 Å². The maximum atomic E-state index is 12.6. The number of hydrogen-bond donors (Lipinski definition) is 5. The summed E-state index contributed by atoms with van der Waals surface area (Å²) in [6.45, 7) is 8.03. The largest absolute Gasteiger partial charge is 0.460 e. The summed E-state index contributed by atoms with van der Waals surface area (Å²) in [5, 5.41) is 28.1. The molecule has 0 aromatic rings. The van der Waals surface area contributed by atoms with Crippen molar-refractivity contribution < 1.29 is 29.3 Å². The molecule has 28 heavy (non-hydrogen) atoms. The minimum atomic E-state index is -1.51. The van der Waals surface area contributed by atoms with Crippen LogP contribution in [0.2, 0.25) is 6.82 Å². The number of amides is 2. The van der Waals surface area contributed by atoms with Crippen LogP contribution in [0.15, 0.2) is 12.7 Å². The van der Waals surface area contributed by atoms with Gasteiger partial charge in [0.25, 0.3) is 5.91 Å². The van der Waals surface area contributed by atoms with Crippen molar-refractivity contribution in [3.05, 3.63) is 12.7 Å². The van der Waals surface area contributed by atoms with Crippen molar-refractivity contribution in [3.63, 3.8) is 0 Å². The molecule has 0 spiro atoms. The fourth-order valence-electron chi connectivity index (χ4n) is 2.84. The Bertz CT molecular complexity index is 548. The van der Waals surface area contributed by atoms with E-state index < -0.39 is 37.1 Å². The summed E-state index contributed by atoms with van der Waals surface area (Å²) in [5.41, 5.74) is 0. The van der Waals surface area contributed by atoms with Crippen LogP contribution in [0.4, 0.5) is 0 Å². The molecule has 1 fully saturated rings. The molecule has 0 aliphatic carbocycles. The first-order valence-corrected chi connectivity index (χ1v) is 9.48. The van der Waals surface area contributed by atoms with E-state index in [9.17, 15) is 24.5 Å². The van der Waals surface area contributed by atoms with Crippen LogP contribution in [0.3, 0.4) is 0 Å². The molecular weight excluding hydrogens is 367 g/mol. The van der Waals surface area contributed by atoms with Crippen molar-refractivity contribution in [1.82, 2.24) is 20.8 Å². The molecule has 3 unspecified atom stereocenters. The summed E-state index contributed by atoms with van der Waals surface area (Å²) in [5.74, 6) is -1.78. The molecule has 11 heteroatoms. The van der Waals surface area contributed by atoms with Crippen molar-refractivity contribution in [2.75, 3.05) is 32.8 Å². The molecule has 1 aliphatic rings. The second-order valence-corrected chi connectivity index (χ2v) is 6.67. The lowest BCUT2D eigenvalue weighted by molar-refractivity contribution is -0.144. The molecule has 0 aromatic heterocycles. The minimum Gasteiger partial charge on any atom is -0.460 e. The minimum absolute atomic E-state index is 0.0314. The number of carbonyl (C=O) groups excluding carboxylic acids is 3. The third-order valence-corrected chi connectivity index (χ3v) is 4.40. The number of aliphatic hydroxyl groups excluding tert-OH is 1. The first kappa shape index (κ1) is 24.1. The predicted molar refractivity (Wildman–Crippen MR) is 104 cm³/mol. The van der Waals surface area contributed by atoms with Crippen LogP contribution < -0.4 is 16.0 Å². The molecule has 1 rings (SSSR count). The van der Waals surface area contributed by atoms with E-state index in [0.29, 0.717) is 32.5 Å². The van der Waals surface area contributed by atoms with Crippen molar-refractivity contribution in [3.8, 4) is 0 Å². The van der Waals surface area contributed by atoms with Crippen molar-refractivity contribution in [1.29, 1.82) is 0 Å². The number of nitrogens with zero attached hydrogens (tertiary/aromatic N) is 1. The number of aliphatic hydroxyl groups is 1. The normalized spacial score (nSPS) is 19.2. The Morgan fingerprint density at radius 2 is 2.18 bits per heavy atom. The predicted octanol–water partition coefficient (Wildman–Crippen LogP) is -2.14. The van der Waals surface area contributed by atoms with Gasteiger partial charge in [0.15, 0.2) is 6.10 Å². The summed E-state index contributed by atoms with van der Waals surface area (Å²) in [4.78, 5) is 37.9. The highest BCUT2D eigenvalue weighted by Gasteiger charge is 2.32. The Kier molecular flexibility index (Phi) is 10.8. The topological polar surface area (TPSA) is 140 Å². The van der Waals surface area contributed by atoms with Crippen molar-refractivity contribution in [2.24, 2.45) is 0 Å². The molecule has 158 valence electrons. The van der Waals surface area contributed by atoms with E-state index in [1.807, 2.05) is 6.92 Å². The zero-order chi connectivity index (χ0) is 21.1. The van der Waals surface area contributed by atoms with E-state index in [1.54, 1.807) is 11.6 Å². The van der Waals surface area contributed by atoms with Crippen molar-refractivity contribution in [2.45, 2.75) is 44.8 Å². The zero-order valence-corrected chi connectivity index (χ0v) is 16.5. The fraction of sp³-hybridized carbons (Fsp3) is 0.706. The SMILES string of the molecule is C=CCOC(=O)CNC(=O)C(O)C(CCC)NC(=O)C1CN(B(C)O)CCN1. The Hall–Kier alpha value is -1.95. The second kappa shape index (κ2) is 12.5. The van der Waals surface area contributed by atoms with Crippen LogP contribution in [0.25, 0.3) is 0 Å². The van der Waals surface area contributed by atoms with Gasteiger partial charge in [-0.1, -0.05) is 26.0 Å². The maximum Gasteiger partial charge on any atom is 0.376 e. The lowest BCUT2D eigenvalue weighted by Gasteiger charge is -2.34. The molecule has 0 radical (unpaired) electrons. The van der Waals surface area contributed by atoms with Gasteiger partial charge in [-0.05, 0) is 13.2 Å². The molecule has 0 bridgehead atoms. The van der Waals surface area contributed by atoms with Gasteiger partial charge in [0.2, 0.25) is 5.91 Å². The lowest BCUT2D eigenvalue weighted by Crippen LogP contribution is -2.62. The molecule has 1 saturated heterocycles. The van der Waals surface area contributed by atoms with Crippen molar-refractivity contribution >= 4 is 24.8 Å². The number of esters is 1. The van der Waals surface area contributed by atoms with Crippen LogP contribution in [-0.2, 0) is 19.1 Å². The zero-order valence-electron chi connectivity index (χ0n) is 16.5. The van der Waals surface area contributed by atoms with Crippen LogP contribution in [0, 0.1) is 0 Å². The average Bonchev–Trinajstić information content (AvgIpc) is 2.69. The smallest absolute Gasteiger partial charge is 0.376 e. The quantitative estimate of drug-likeness (QED) is 0.151. The fourth-order valence-corrected chi connectivity index (χ4v) is 2.84. The number of hydrogen-bond acceptors (Lipinski definition) is 8. The van der Waals surface area contributed by atoms with Gasteiger partial charge in [-0.3, -0.25) is 14.4 Å². The summed E-state index contributed by atoms with van der Waals surface area (Å²) in [7, 11) is -0.666. The average molecular weight is 398 g/mol. The number of piperazine rings is 1. The van der Waals surface area contributed by atoms with E-state index in [0.717, 1.165) is 0 Å². The van der Waals surface area contributed by atoms with Gasteiger partial charge < -0.3 is 35.6 Å². The summed E-state index contributed by atoms with van der Waals surface area (Å²) < 4.78 is 4.75. The molecule has 1 aliphatic heterocycles. The molecule has 3 atom stereocenters. The highest BCUT2D eigenvalue weighted by molar-refractivity contribution is 6.45. The molecule has 10 nitrogen and oxygen atoms in total. The molecular formula is C17H31BN4O6. The van der Waals surface area contributed by atoms with Gasteiger partial charge in [0, 0.05) is 19.6 Å². The Morgan fingerprint density at radius 3 is 2.79 bits per heavy atom. The van der Waals surface area contributed by atoms with Gasteiger partial charge in [-0.15, -0.1) is 0 Å². The number of nitrogens with one attached hydrogen (secondary N) is 3. The Balaban J connectivity index is 2.59. The molecule has 1 heterocycles. The van der Waals surface area contributed by atoms with Gasteiger partial charge in [0.05, 0.1) is 12.1 Å². The van der Waals surface area contributed by atoms with E-state index in [2.05, 4.69) is 22.5 Å². The van der Waals surface area contributed by atoms with Crippen LogP contribution in [0.5, 0.6) is 0 Å². The third kappa shape index (κ3) is 7.97. The van der Waals surface area contributed by atoms with Crippen LogP contribution in [0.1, 0.15) is 19.8 Å². The van der Waals surface area contributed by atoms with Gasteiger partial charge in [-0.25, -0.2) is 0 Å². The van der Waals surface area contributed by atoms with Gasteiger partial charge in [-0.2, -0.15) is 0 Å². The van der Waals surface area contributed by atoms with Crippen LogP contribution >= 0.6 is 0 Å². The first-order chi connectivity index (χ1) is 13.3. The first-order valence-electron chi connectivity index (χ1n) is 9.48. The highest BCUT2D eigenvalue weighted by atomic mass is 16.5. The maximum absolute atomic E-state index is 12.6. The molecule has 0 saturated carbocycles. The molecule has 5 N–H and O–H groups in total. The lowest BCUT2D eigenvalue weighted by atomic mass is 9.83. The third-order valence-electron chi connectivity index (χ3n) is 4.40. The Labute approximate surface area is 165 Å². The summed E-state index contributed by atoms with van der Waals surface area (Å²) in [6, 6.07) is -1.36. The standard InChI is InChI=1S/C17H31BN4O6/c1-4-6-12(15(24)17(26)20-10-14(23)28-9-5-2)21-16(25)13-11-22(18(3)27)8-7-19-13/h5,12-13,15,19,24,27H,2,4,6-11H2,1,3H3,(H,20,26)(H,21,25). The van der Waals surface area contributed by atoms with Gasteiger partial charge >= 0.3 is 13.0 Å². The number of ether oxygens (including phenoxy) is 1.